The van der Waals surface area contributed by atoms with Crippen molar-refractivity contribution < 1.29 is 4.74 Å². The molecule has 0 bridgehead atoms. The van der Waals surface area contributed by atoms with Gasteiger partial charge < -0.3 is 15.0 Å². The summed E-state index contributed by atoms with van der Waals surface area (Å²) in [5.74, 6) is 0. The number of ether oxygens (including phenoxy) is 1. The largest absolute Gasteiger partial charge is 0.377 e. The highest BCUT2D eigenvalue weighted by Gasteiger charge is 2.24. The molecule has 0 saturated carbocycles. The highest BCUT2D eigenvalue weighted by Crippen LogP contribution is 2.32. The summed E-state index contributed by atoms with van der Waals surface area (Å²) in [7, 11) is 0. The van der Waals surface area contributed by atoms with Gasteiger partial charge in [0.2, 0.25) is 0 Å². The van der Waals surface area contributed by atoms with Gasteiger partial charge in [-0.25, -0.2) is 4.98 Å². The first kappa shape index (κ1) is 16.7. The molecule has 120 valence electrons. The van der Waals surface area contributed by atoms with E-state index >= 15 is 0 Å². The fraction of sp³-hybridized carbons (Fsp3) is 0.812. The lowest BCUT2D eigenvalue weighted by molar-refractivity contribution is 0.0526. The number of rotatable bonds is 7. The van der Waals surface area contributed by atoms with E-state index in [0.717, 1.165) is 37.8 Å². The predicted octanol–water partition coefficient (Wildman–Crippen LogP) is 3.52. The Hall–Kier alpha value is -0.650. The number of hydrogen-bond donors (Lipinski definition) is 1. The molecule has 0 aliphatic carbocycles. The van der Waals surface area contributed by atoms with Crippen LogP contribution in [-0.4, -0.2) is 37.3 Å². The minimum atomic E-state index is 0.368. The van der Waals surface area contributed by atoms with Crippen LogP contribution in [0.15, 0.2) is 0 Å². The SMILES string of the molecule is CCCNC(C)c1sc(N2CCCC(OCC)C2)nc1C. The third kappa shape index (κ3) is 4.41. The first-order valence-electron chi connectivity index (χ1n) is 8.22. The lowest BCUT2D eigenvalue weighted by Crippen LogP contribution is -2.39. The topological polar surface area (TPSA) is 37.4 Å². The van der Waals surface area contributed by atoms with Gasteiger partial charge in [-0.1, -0.05) is 6.92 Å². The third-order valence-corrected chi connectivity index (χ3v) is 5.37. The van der Waals surface area contributed by atoms with Crippen LogP contribution in [0, 0.1) is 6.92 Å². The Kier molecular flexibility index (Phi) is 6.45. The summed E-state index contributed by atoms with van der Waals surface area (Å²) < 4.78 is 5.79. The Labute approximate surface area is 132 Å². The maximum absolute atomic E-state index is 5.79. The summed E-state index contributed by atoms with van der Waals surface area (Å²) in [6.45, 7) is 12.6. The maximum Gasteiger partial charge on any atom is 0.185 e. The van der Waals surface area contributed by atoms with E-state index < -0.39 is 0 Å². The summed E-state index contributed by atoms with van der Waals surface area (Å²) in [5.41, 5.74) is 1.17. The van der Waals surface area contributed by atoms with Crippen molar-refractivity contribution in [2.24, 2.45) is 0 Å². The van der Waals surface area contributed by atoms with Crippen molar-refractivity contribution >= 4 is 16.5 Å². The minimum Gasteiger partial charge on any atom is -0.377 e. The number of nitrogens with zero attached hydrogens (tertiary/aromatic N) is 2. The zero-order valence-corrected chi connectivity index (χ0v) is 14.6. The predicted molar refractivity (Wildman–Crippen MR) is 90.4 cm³/mol. The Morgan fingerprint density at radius 2 is 2.29 bits per heavy atom. The first-order valence-corrected chi connectivity index (χ1v) is 9.04. The number of hydrogen-bond acceptors (Lipinski definition) is 5. The van der Waals surface area contributed by atoms with Gasteiger partial charge in [0.1, 0.15) is 0 Å². The standard InChI is InChI=1S/C16H29N3OS/c1-5-9-17-12(3)15-13(4)18-16(21-15)19-10-7-8-14(11-19)20-6-2/h12,14,17H,5-11H2,1-4H3. The van der Waals surface area contributed by atoms with Gasteiger partial charge >= 0.3 is 0 Å². The molecule has 1 fully saturated rings. The smallest absolute Gasteiger partial charge is 0.185 e. The Morgan fingerprint density at radius 3 is 3.00 bits per heavy atom. The molecule has 2 heterocycles. The minimum absolute atomic E-state index is 0.368. The molecular formula is C16H29N3OS. The lowest BCUT2D eigenvalue weighted by atomic mass is 10.1. The molecule has 1 N–H and O–H groups in total. The number of aryl methyl sites for hydroxylation is 1. The van der Waals surface area contributed by atoms with E-state index in [4.69, 9.17) is 9.72 Å². The summed E-state index contributed by atoms with van der Waals surface area (Å²) in [5, 5.41) is 4.73. The van der Waals surface area contributed by atoms with Crippen molar-refractivity contribution in [1.82, 2.24) is 10.3 Å². The second kappa shape index (κ2) is 8.11. The average Bonchev–Trinajstić information content (AvgIpc) is 2.87. The molecule has 0 radical (unpaired) electrons. The Morgan fingerprint density at radius 1 is 1.48 bits per heavy atom. The summed E-state index contributed by atoms with van der Waals surface area (Å²) >= 11 is 1.84. The van der Waals surface area contributed by atoms with E-state index in [9.17, 15) is 0 Å². The fourth-order valence-electron chi connectivity index (χ4n) is 2.87. The molecule has 4 nitrogen and oxygen atoms in total. The fourth-order valence-corrected chi connectivity index (χ4v) is 4.00. The number of aromatic nitrogens is 1. The summed E-state index contributed by atoms with van der Waals surface area (Å²) in [6.07, 6.45) is 3.90. The van der Waals surface area contributed by atoms with Gasteiger partial charge in [0, 0.05) is 30.6 Å². The van der Waals surface area contributed by atoms with Crippen LogP contribution in [0.3, 0.4) is 0 Å². The first-order chi connectivity index (χ1) is 10.2. The molecule has 1 aromatic heterocycles. The van der Waals surface area contributed by atoms with Gasteiger partial charge in [0.15, 0.2) is 5.13 Å². The number of thiazole rings is 1. The summed E-state index contributed by atoms with van der Waals surface area (Å²) in [4.78, 5) is 8.58. The number of anilines is 1. The van der Waals surface area contributed by atoms with E-state index in [1.165, 1.54) is 23.4 Å². The van der Waals surface area contributed by atoms with Gasteiger partial charge in [-0.2, -0.15) is 0 Å². The van der Waals surface area contributed by atoms with Crippen LogP contribution in [0.5, 0.6) is 0 Å². The van der Waals surface area contributed by atoms with Crippen LogP contribution < -0.4 is 10.2 Å². The quantitative estimate of drug-likeness (QED) is 0.836. The van der Waals surface area contributed by atoms with E-state index in [-0.39, 0.29) is 0 Å². The molecule has 0 amide bonds. The van der Waals surface area contributed by atoms with E-state index in [1.807, 2.05) is 11.3 Å². The highest BCUT2D eigenvalue weighted by molar-refractivity contribution is 7.15. The van der Waals surface area contributed by atoms with Crippen LogP contribution in [0.1, 0.15) is 56.6 Å². The van der Waals surface area contributed by atoms with Crippen LogP contribution in [-0.2, 0) is 4.74 Å². The molecule has 1 aliphatic heterocycles. The van der Waals surface area contributed by atoms with Crippen molar-refractivity contribution in [2.75, 3.05) is 31.1 Å². The second-order valence-electron chi connectivity index (χ2n) is 5.79. The van der Waals surface area contributed by atoms with Gasteiger partial charge in [0.25, 0.3) is 0 Å². The Bertz CT molecular complexity index is 433. The third-order valence-electron chi connectivity index (χ3n) is 3.97. The molecule has 1 aliphatic rings. The monoisotopic (exact) mass is 311 g/mol. The van der Waals surface area contributed by atoms with Gasteiger partial charge in [-0.15, -0.1) is 11.3 Å². The molecular weight excluding hydrogens is 282 g/mol. The molecule has 2 atom stereocenters. The normalized spacial score (nSPS) is 20.8. The second-order valence-corrected chi connectivity index (χ2v) is 6.80. The lowest BCUT2D eigenvalue weighted by Gasteiger charge is -2.32. The van der Waals surface area contributed by atoms with Gasteiger partial charge in [0.05, 0.1) is 11.8 Å². The van der Waals surface area contributed by atoms with Crippen molar-refractivity contribution in [1.29, 1.82) is 0 Å². The molecule has 1 aromatic rings. The zero-order valence-electron chi connectivity index (χ0n) is 13.8. The van der Waals surface area contributed by atoms with E-state index in [0.29, 0.717) is 12.1 Å². The van der Waals surface area contributed by atoms with Crippen LogP contribution >= 0.6 is 11.3 Å². The van der Waals surface area contributed by atoms with Crippen molar-refractivity contribution in [2.45, 2.75) is 59.1 Å². The summed E-state index contributed by atoms with van der Waals surface area (Å²) in [6, 6.07) is 0.392. The molecule has 2 rings (SSSR count). The van der Waals surface area contributed by atoms with Crippen LogP contribution in [0.4, 0.5) is 5.13 Å². The molecule has 5 heteroatoms. The molecule has 21 heavy (non-hydrogen) atoms. The van der Waals surface area contributed by atoms with Gasteiger partial charge in [-0.05, 0) is 46.6 Å². The van der Waals surface area contributed by atoms with Crippen molar-refractivity contribution in [3.63, 3.8) is 0 Å². The Balaban J connectivity index is 2.03. The molecule has 2 unspecified atom stereocenters. The maximum atomic E-state index is 5.79. The van der Waals surface area contributed by atoms with Crippen molar-refractivity contribution in [3.05, 3.63) is 10.6 Å². The number of piperidine rings is 1. The van der Waals surface area contributed by atoms with E-state index in [2.05, 4.69) is 37.9 Å². The van der Waals surface area contributed by atoms with Crippen LogP contribution in [0.25, 0.3) is 0 Å². The van der Waals surface area contributed by atoms with Crippen molar-refractivity contribution in [3.8, 4) is 0 Å². The molecule has 1 saturated heterocycles. The molecule has 0 aromatic carbocycles. The zero-order chi connectivity index (χ0) is 15.2. The van der Waals surface area contributed by atoms with Crippen LogP contribution in [0.2, 0.25) is 0 Å². The van der Waals surface area contributed by atoms with E-state index in [1.54, 1.807) is 0 Å². The highest BCUT2D eigenvalue weighted by atomic mass is 32.1. The number of nitrogens with one attached hydrogen (secondary N) is 1. The molecule has 0 spiro atoms. The average molecular weight is 311 g/mol. The van der Waals surface area contributed by atoms with Gasteiger partial charge in [-0.3, -0.25) is 0 Å².